The van der Waals surface area contributed by atoms with E-state index in [9.17, 15) is 9.59 Å². The van der Waals surface area contributed by atoms with E-state index in [0.717, 1.165) is 51.6 Å². The van der Waals surface area contributed by atoms with Crippen LogP contribution in [0.15, 0.2) is 0 Å². The van der Waals surface area contributed by atoms with Crippen LogP contribution in [0.2, 0.25) is 0 Å². The molecule has 1 aliphatic heterocycles. The first-order chi connectivity index (χ1) is 8.27. The van der Waals surface area contributed by atoms with Crippen LogP contribution in [0.4, 0.5) is 0 Å². The molecule has 1 atom stereocenters. The fourth-order valence-electron chi connectivity index (χ4n) is 2.96. The van der Waals surface area contributed by atoms with Gasteiger partial charge in [0.05, 0.1) is 0 Å². The highest BCUT2D eigenvalue weighted by molar-refractivity contribution is 5.83. The van der Waals surface area contributed by atoms with Gasteiger partial charge in [0.1, 0.15) is 5.78 Å². The Morgan fingerprint density at radius 3 is 2.59 bits per heavy atom. The zero-order valence-corrected chi connectivity index (χ0v) is 10.6. The molecule has 96 valence electrons. The smallest absolute Gasteiger partial charge is 0.222 e. The summed E-state index contributed by atoms with van der Waals surface area (Å²) in [6, 6.07) is 0. The average Bonchev–Trinajstić information content (AvgIpc) is 2.69. The van der Waals surface area contributed by atoms with Gasteiger partial charge in [-0.2, -0.15) is 0 Å². The molecule has 1 heterocycles. The molecular formula is C14H23NO2. The second-order valence-corrected chi connectivity index (χ2v) is 5.39. The summed E-state index contributed by atoms with van der Waals surface area (Å²) in [4.78, 5) is 25.4. The van der Waals surface area contributed by atoms with E-state index in [2.05, 4.69) is 0 Å². The van der Waals surface area contributed by atoms with Gasteiger partial charge in [-0.05, 0) is 32.1 Å². The van der Waals surface area contributed by atoms with E-state index in [1.165, 1.54) is 12.8 Å². The van der Waals surface area contributed by atoms with Crippen molar-refractivity contribution >= 4 is 11.7 Å². The molecule has 0 bridgehead atoms. The fourth-order valence-corrected chi connectivity index (χ4v) is 2.96. The molecule has 0 aromatic rings. The number of likely N-dealkylation sites (tertiary alicyclic amines) is 1. The van der Waals surface area contributed by atoms with E-state index >= 15 is 0 Å². The minimum atomic E-state index is 0.244. The van der Waals surface area contributed by atoms with Gasteiger partial charge in [0.25, 0.3) is 0 Å². The lowest BCUT2D eigenvalue weighted by Crippen LogP contribution is -2.34. The maximum absolute atomic E-state index is 11.9. The lowest BCUT2D eigenvalue weighted by atomic mass is 10.0. The second-order valence-electron chi connectivity index (χ2n) is 5.39. The van der Waals surface area contributed by atoms with E-state index < -0.39 is 0 Å². The van der Waals surface area contributed by atoms with Gasteiger partial charge in [-0.3, -0.25) is 9.59 Å². The van der Waals surface area contributed by atoms with Crippen LogP contribution in [0.1, 0.15) is 57.8 Å². The summed E-state index contributed by atoms with van der Waals surface area (Å²) in [5.74, 6) is 0.966. The Bertz CT molecular complexity index is 288. The summed E-state index contributed by atoms with van der Waals surface area (Å²) < 4.78 is 0. The molecular weight excluding hydrogens is 214 g/mol. The van der Waals surface area contributed by atoms with Crippen LogP contribution in [0.3, 0.4) is 0 Å². The Labute approximate surface area is 104 Å². The summed E-state index contributed by atoms with van der Waals surface area (Å²) >= 11 is 0. The zero-order chi connectivity index (χ0) is 12.1. The molecule has 2 rings (SSSR count). The topological polar surface area (TPSA) is 37.4 Å². The first-order valence-corrected chi connectivity index (χ1v) is 7.08. The van der Waals surface area contributed by atoms with Crippen molar-refractivity contribution in [2.24, 2.45) is 5.92 Å². The van der Waals surface area contributed by atoms with Crippen LogP contribution in [-0.4, -0.2) is 29.7 Å². The molecule has 0 radical (unpaired) electrons. The van der Waals surface area contributed by atoms with Crippen LogP contribution in [0, 0.1) is 5.92 Å². The van der Waals surface area contributed by atoms with Crippen molar-refractivity contribution in [2.45, 2.75) is 57.8 Å². The molecule has 1 saturated heterocycles. The Morgan fingerprint density at radius 2 is 1.82 bits per heavy atom. The Morgan fingerprint density at radius 1 is 1.00 bits per heavy atom. The molecule has 3 heteroatoms. The van der Waals surface area contributed by atoms with E-state index in [1.807, 2.05) is 4.90 Å². The molecule has 0 aromatic carbocycles. The molecule has 1 saturated carbocycles. The van der Waals surface area contributed by atoms with Crippen molar-refractivity contribution in [2.75, 3.05) is 13.1 Å². The van der Waals surface area contributed by atoms with Crippen molar-refractivity contribution < 1.29 is 9.59 Å². The normalized spacial score (nSPS) is 27.1. The molecule has 3 nitrogen and oxygen atoms in total. The molecule has 0 spiro atoms. The minimum Gasteiger partial charge on any atom is -0.343 e. The third-order valence-corrected chi connectivity index (χ3v) is 4.10. The highest BCUT2D eigenvalue weighted by atomic mass is 16.2. The summed E-state index contributed by atoms with van der Waals surface area (Å²) in [6.07, 6.45) is 9.06. The van der Waals surface area contributed by atoms with E-state index in [0.29, 0.717) is 18.1 Å². The largest absolute Gasteiger partial charge is 0.343 e. The molecule has 2 fully saturated rings. The third kappa shape index (κ3) is 3.55. The predicted molar refractivity (Wildman–Crippen MR) is 66.6 cm³/mol. The van der Waals surface area contributed by atoms with Gasteiger partial charge in [0, 0.05) is 31.8 Å². The van der Waals surface area contributed by atoms with Crippen LogP contribution in [-0.2, 0) is 9.59 Å². The van der Waals surface area contributed by atoms with Crippen LogP contribution >= 0.6 is 0 Å². The standard InChI is InChI=1S/C14H23NO2/c16-13-7-5-6-12(13)9-11-15-10-4-2-1-3-8-14(15)17/h12H,1-11H2. The highest BCUT2D eigenvalue weighted by Crippen LogP contribution is 2.25. The van der Waals surface area contributed by atoms with Crippen molar-refractivity contribution in [3.8, 4) is 0 Å². The van der Waals surface area contributed by atoms with Gasteiger partial charge < -0.3 is 4.90 Å². The van der Waals surface area contributed by atoms with Crippen molar-refractivity contribution in [3.63, 3.8) is 0 Å². The number of hydrogen-bond donors (Lipinski definition) is 0. The number of carbonyl (C=O) groups excluding carboxylic acids is 2. The van der Waals surface area contributed by atoms with Gasteiger partial charge in [0.15, 0.2) is 0 Å². The predicted octanol–water partition coefficient (Wildman–Crippen LogP) is 2.54. The van der Waals surface area contributed by atoms with Gasteiger partial charge in [0.2, 0.25) is 5.91 Å². The van der Waals surface area contributed by atoms with E-state index in [1.54, 1.807) is 0 Å². The van der Waals surface area contributed by atoms with Gasteiger partial charge >= 0.3 is 0 Å². The number of carbonyl (C=O) groups is 2. The maximum Gasteiger partial charge on any atom is 0.222 e. The number of nitrogens with zero attached hydrogens (tertiary/aromatic N) is 1. The lowest BCUT2D eigenvalue weighted by Gasteiger charge is -2.25. The molecule has 1 unspecified atom stereocenters. The van der Waals surface area contributed by atoms with Gasteiger partial charge in [-0.15, -0.1) is 0 Å². The Balaban J connectivity index is 1.79. The number of amides is 1. The average molecular weight is 237 g/mol. The maximum atomic E-state index is 11.9. The van der Waals surface area contributed by atoms with Gasteiger partial charge in [-0.25, -0.2) is 0 Å². The summed E-state index contributed by atoms with van der Waals surface area (Å²) in [6.45, 7) is 1.70. The van der Waals surface area contributed by atoms with E-state index in [-0.39, 0.29) is 5.92 Å². The molecule has 1 amide bonds. The molecule has 1 aliphatic carbocycles. The highest BCUT2D eigenvalue weighted by Gasteiger charge is 2.25. The van der Waals surface area contributed by atoms with Crippen LogP contribution < -0.4 is 0 Å². The summed E-state index contributed by atoms with van der Waals surface area (Å²) in [5.41, 5.74) is 0. The first kappa shape index (κ1) is 12.6. The number of ketones is 1. The van der Waals surface area contributed by atoms with E-state index in [4.69, 9.17) is 0 Å². The van der Waals surface area contributed by atoms with Crippen LogP contribution in [0.25, 0.3) is 0 Å². The number of hydrogen-bond acceptors (Lipinski definition) is 2. The molecule has 17 heavy (non-hydrogen) atoms. The van der Waals surface area contributed by atoms with Crippen molar-refractivity contribution in [1.82, 2.24) is 4.90 Å². The SMILES string of the molecule is O=C1CCCC1CCN1CCCCCCC1=O. The summed E-state index contributed by atoms with van der Waals surface area (Å²) in [5, 5.41) is 0. The molecule has 0 N–H and O–H groups in total. The van der Waals surface area contributed by atoms with Gasteiger partial charge in [-0.1, -0.05) is 12.8 Å². The number of rotatable bonds is 3. The Kier molecular flexibility index (Phi) is 4.57. The van der Waals surface area contributed by atoms with Crippen molar-refractivity contribution in [1.29, 1.82) is 0 Å². The lowest BCUT2D eigenvalue weighted by molar-refractivity contribution is -0.132. The number of Topliss-reactive ketones (excluding diaryl/α,β-unsaturated/α-hetero) is 1. The van der Waals surface area contributed by atoms with Crippen LogP contribution in [0.5, 0.6) is 0 Å². The Hall–Kier alpha value is -0.860. The van der Waals surface area contributed by atoms with Crippen molar-refractivity contribution in [3.05, 3.63) is 0 Å². The monoisotopic (exact) mass is 237 g/mol. The summed E-state index contributed by atoms with van der Waals surface area (Å²) in [7, 11) is 0. The first-order valence-electron chi connectivity index (χ1n) is 7.08. The minimum absolute atomic E-state index is 0.244. The second kappa shape index (κ2) is 6.18. The third-order valence-electron chi connectivity index (χ3n) is 4.10. The fraction of sp³-hybridized carbons (Fsp3) is 0.857. The molecule has 0 aromatic heterocycles. The molecule has 2 aliphatic rings. The zero-order valence-electron chi connectivity index (χ0n) is 10.6. The quantitative estimate of drug-likeness (QED) is 0.756.